The topological polar surface area (TPSA) is 64.4 Å². The Labute approximate surface area is 120 Å². The summed E-state index contributed by atoms with van der Waals surface area (Å²) in [5.74, 6) is 1.03. The fourth-order valence-electron chi connectivity index (χ4n) is 2.54. The van der Waals surface area contributed by atoms with Gasteiger partial charge in [0.15, 0.2) is 0 Å². The van der Waals surface area contributed by atoms with Gasteiger partial charge in [-0.25, -0.2) is 0 Å². The van der Waals surface area contributed by atoms with Gasteiger partial charge in [0, 0.05) is 18.4 Å². The summed E-state index contributed by atoms with van der Waals surface area (Å²) >= 11 is 0. The second-order valence-electron chi connectivity index (χ2n) is 5.25. The Morgan fingerprint density at radius 2 is 2.05 bits per heavy atom. The molecule has 1 aromatic carbocycles. The molecule has 4 heteroatoms. The van der Waals surface area contributed by atoms with Gasteiger partial charge >= 0.3 is 0 Å². The highest BCUT2D eigenvalue weighted by Gasteiger charge is 2.22. The van der Waals surface area contributed by atoms with Crippen molar-refractivity contribution in [2.24, 2.45) is 5.73 Å². The second kappa shape index (κ2) is 7.90. The van der Waals surface area contributed by atoms with Gasteiger partial charge in [0.05, 0.1) is 12.6 Å². The van der Waals surface area contributed by atoms with Crippen molar-refractivity contribution in [3.8, 4) is 5.75 Å². The van der Waals surface area contributed by atoms with Crippen molar-refractivity contribution in [1.29, 1.82) is 0 Å². The van der Waals surface area contributed by atoms with Gasteiger partial charge in [-0.2, -0.15) is 0 Å². The van der Waals surface area contributed by atoms with Gasteiger partial charge < -0.3 is 15.8 Å². The van der Waals surface area contributed by atoms with Crippen LogP contribution in [0.1, 0.15) is 50.1 Å². The third kappa shape index (κ3) is 4.23. The minimum Gasteiger partial charge on any atom is -0.493 e. The van der Waals surface area contributed by atoms with Crippen LogP contribution in [0.4, 0.5) is 0 Å². The number of benzene rings is 1. The van der Waals surface area contributed by atoms with E-state index in [1.54, 1.807) is 0 Å². The number of carbonyl (C=O) groups excluding carboxylic acids is 1. The molecule has 4 nitrogen and oxygen atoms in total. The predicted molar refractivity (Wildman–Crippen MR) is 79.6 cm³/mol. The quantitative estimate of drug-likeness (QED) is 0.752. The summed E-state index contributed by atoms with van der Waals surface area (Å²) in [5.41, 5.74) is 6.54. The number of unbranched alkanes of at least 4 members (excludes halogenated alkanes) is 3. The van der Waals surface area contributed by atoms with Crippen LogP contribution in [-0.4, -0.2) is 19.1 Å². The molecule has 1 atom stereocenters. The number of nitrogens with two attached hydrogens (primary N) is 1. The molecule has 0 radical (unpaired) electrons. The van der Waals surface area contributed by atoms with Crippen LogP contribution in [0, 0.1) is 0 Å². The lowest BCUT2D eigenvalue weighted by Crippen LogP contribution is -2.31. The minimum atomic E-state index is 0.0940. The maximum atomic E-state index is 12.0. The third-order valence-electron chi connectivity index (χ3n) is 3.65. The highest BCUT2D eigenvalue weighted by molar-refractivity contribution is 5.76. The molecule has 20 heavy (non-hydrogen) atoms. The Kier molecular flexibility index (Phi) is 5.87. The molecule has 3 N–H and O–H groups in total. The number of para-hydroxylation sites is 1. The number of carbonyl (C=O) groups is 1. The number of nitrogens with one attached hydrogen (secondary N) is 1. The molecule has 1 heterocycles. The van der Waals surface area contributed by atoms with Gasteiger partial charge in [-0.05, 0) is 25.5 Å². The summed E-state index contributed by atoms with van der Waals surface area (Å²) in [7, 11) is 0. The molecule has 2 rings (SSSR count). The Bertz CT molecular complexity index is 434. The van der Waals surface area contributed by atoms with E-state index in [9.17, 15) is 4.79 Å². The van der Waals surface area contributed by atoms with Crippen LogP contribution in [0.3, 0.4) is 0 Å². The van der Waals surface area contributed by atoms with Crippen molar-refractivity contribution >= 4 is 5.91 Å². The molecule has 0 fully saturated rings. The molecule has 0 aromatic heterocycles. The van der Waals surface area contributed by atoms with E-state index in [0.29, 0.717) is 13.0 Å². The van der Waals surface area contributed by atoms with E-state index in [1.807, 2.05) is 24.3 Å². The summed E-state index contributed by atoms with van der Waals surface area (Å²) < 4.78 is 5.60. The van der Waals surface area contributed by atoms with Crippen molar-refractivity contribution < 1.29 is 9.53 Å². The Morgan fingerprint density at radius 1 is 1.25 bits per heavy atom. The lowest BCUT2D eigenvalue weighted by molar-refractivity contribution is -0.122. The van der Waals surface area contributed by atoms with Gasteiger partial charge in [0.25, 0.3) is 0 Å². The molecule has 0 aliphatic carbocycles. The normalized spacial score (nSPS) is 17.1. The van der Waals surface area contributed by atoms with Crippen molar-refractivity contribution in [2.75, 3.05) is 13.2 Å². The number of amides is 1. The predicted octanol–water partition coefficient (Wildman–Crippen LogP) is 2.54. The van der Waals surface area contributed by atoms with Gasteiger partial charge in [-0.15, -0.1) is 0 Å². The Balaban J connectivity index is 1.78. The molecular weight excluding hydrogens is 252 g/mol. The highest BCUT2D eigenvalue weighted by atomic mass is 16.5. The smallest absolute Gasteiger partial charge is 0.220 e. The first-order valence-electron chi connectivity index (χ1n) is 7.52. The number of hydrogen-bond acceptors (Lipinski definition) is 3. The number of fused-ring (bicyclic) bond motifs is 1. The molecular formula is C16H24N2O2. The molecule has 1 aliphatic heterocycles. The number of rotatable bonds is 7. The molecule has 0 saturated carbocycles. The third-order valence-corrected chi connectivity index (χ3v) is 3.65. The summed E-state index contributed by atoms with van der Waals surface area (Å²) in [5, 5.41) is 3.12. The lowest BCUT2D eigenvalue weighted by Gasteiger charge is -2.26. The molecule has 1 amide bonds. The second-order valence-corrected chi connectivity index (χ2v) is 5.25. The summed E-state index contributed by atoms with van der Waals surface area (Å²) in [6.07, 6.45) is 5.63. The van der Waals surface area contributed by atoms with Crippen LogP contribution in [0.25, 0.3) is 0 Å². The standard InChI is InChI=1S/C16H24N2O2/c17-11-6-2-1-3-9-16(19)18-14-10-12-20-15-8-5-4-7-13(14)15/h4-5,7-8,14H,1-3,6,9-12,17H2,(H,18,19). The molecule has 110 valence electrons. The van der Waals surface area contributed by atoms with Crippen LogP contribution in [0.15, 0.2) is 24.3 Å². The van der Waals surface area contributed by atoms with Gasteiger partial charge in [0.1, 0.15) is 5.75 Å². The molecule has 0 spiro atoms. The van der Waals surface area contributed by atoms with E-state index >= 15 is 0 Å². The van der Waals surface area contributed by atoms with Crippen molar-refractivity contribution in [1.82, 2.24) is 5.32 Å². The van der Waals surface area contributed by atoms with E-state index in [0.717, 1.165) is 50.0 Å². The average molecular weight is 276 g/mol. The molecule has 0 saturated heterocycles. The van der Waals surface area contributed by atoms with E-state index in [1.165, 1.54) is 0 Å². The van der Waals surface area contributed by atoms with Gasteiger partial charge in [-0.1, -0.05) is 31.0 Å². The van der Waals surface area contributed by atoms with Crippen LogP contribution in [0.5, 0.6) is 5.75 Å². The van der Waals surface area contributed by atoms with Crippen LogP contribution in [0.2, 0.25) is 0 Å². The lowest BCUT2D eigenvalue weighted by atomic mass is 10.0. The fourth-order valence-corrected chi connectivity index (χ4v) is 2.54. The number of ether oxygens (including phenoxy) is 1. The monoisotopic (exact) mass is 276 g/mol. The zero-order chi connectivity index (χ0) is 14.2. The van der Waals surface area contributed by atoms with Crippen molar-refractivity contribution in [2.45, 2.75) is 44.6 Å². The minimum absolute atomic E-state index is 0.0940. The first-order valence-corrected chi connectivity index (χ1v) is 7.52. The van der Waals surface area contributed by atoms with Crippen molar-refractivity contribution in [3.05, 3.63) is 29.8 Å². The Morgan fingerprint density at radius 3 is 2.90 bits per heavy atom. The SMILES string of the molecule is NCCCCCCC(=O)NC1CCOc2ccccc21. The summed E-state index contributed by atoms with van der Waals surface area (Å²) in [6.45, 7) is 1.41. The largest absolute Gasteiger partial charge is 0.493 e. The van der Waals surface area contributed by atoms with E-state index in [2.05, 4.69) is 5.32 Å². The Hall–Kier alpha value is -1.55. The maximum absolute atomic E-state index is 12.0. The van der Waals surface area contributed by atoms with E-state index in [4.69, 9.17) is 10.5 Å². The average Bonchev–Trinajstić information content (AvgIpc) is 2.47. The molecule has 1 unspecified atom stereocenters. The van der Waals surface area contributed by atoms with E-state index < -0.39 is 0 Å². The first-order chi connectivity index (χ1) is 9.81. The molecule has 1 aliphatic rings. The highest BCUT2D eigenvalue weighted by Crippen LogP contribution is 2.31. The van der Waals surface area contributed by atoms with Crippen LogP contribution in [-0.2, 0) is 4.79 Å². The summed E-state index contributed by atoms with van der Waals surface area (Å²) in [4.78, 5) is 12.0. The van der Waals surface area contributed by atoms with Crippen LogP contribution >= 0.6 is 0 Å². The summed E-state index contributed by atoms with van der Waals surface area (Å²) in [6, 6.07) is 8.03. The molecule has 0 bridgehead atoms. The van der Waals surface area contributed by atoms with Crippen LogP contribution < -0.4 is 15.8 Å². The zero-order valence-corrected chi connectivity index (χ0v) is 11.9. The first kappa shape index (κ1) is 14.9. The fraction of sp³-hybridized carbons (Fsp3) is 0.562. The zero-order valence-electron chi connectivity index (χ0n) is 11.9. The van der Waals surface area contributed by atoms with Crippen molar-refractivity contribution in [3.63, 3.8) is 0 Å². The number of hydrogen-bond donors (Lipinski definition) is 2. The van der Waals surface area contributed by atoms with E-state index in [-0.39, 0.29) is 11.9 Å². The maximum Gasteiger partial charge on any atom is 0.220 e. The van der Waals surface area contributed by atoms with Gasteiger partial charge in [0.2, 0.25) is 5.91 Å². The van der Waals surface area contributed by atoms with Gasteiger partial charge in [-0.3, -0.25) is 4.79 Å². The molecule has 1 aromatic rings.